The molecule has 0 aliphatic heterocycles. The molecule has 0 aromatic heterocycles. The smallest absolute Gasteiger partial charge is 0.356 e. The highest BCUT2D eigenvalue weighted by Gasteiger charge is 2.50. The van der Waals surface area contributed by atoms with Gasteiger partial charge in [0.15, 0.2) is 0 Å². The topological polar surface area (TPSA) is 121 Å². The van der Waals surface area contributed by atoms with Gasteiger partial charge in [0, 0.05) is 0 Å². The summed E-state index contributed by atoms with van der Waals surface area (Å²) in [6.07, 6.45) is -0.257. The van der Waals surface area contributed by atoms with Gasteiger partial charge in [-0.15, -0.1) is 0 Å². The summed E-state index contributed by atoms with van der Waals surface area (Å²) in [6, 6.07) is 0. The van der Waals surface area contributed by atoms with E-state index in [1.165, 1.54) is 0 Å². The van der Waals surface area contributed by atoms with Crippen molar-refractivity contribution >= 4 is 13.6 Å². The third kappa shape index (κ3) is 2.77. The number of carboxylic acids is 1. The van der Waals surface area contributed by atoms with Crippen LogP contribution in [0.4, 0.5) is 0 Å². The maximum atomic E-state index is 10.8. The lowest BCUT2D eigenvalue weighted by atomic mass is 10.0. The number of rotatable bonds is 4. The lowest BCUT2D eigenvalue weighted by Crippen LogP contribution is -2.48. The number of carbonyl (C=O) groups is 1. The van der Waals surface area contributed by atoms with E-state index in [9.17, 15) is 9.36 Å². The lowest BCUT2D eigenvalue weighted by Gasteiger charge is -2.26. The van der Waals surface area contributed by atoms with Gasteiger partial charge in [-0.3, -0.25) is 4.57 Å². The number of hydrogen-bond donors (Lipinski definition) is 4. The Balaban J connectivity index is 4.97. The van der Waals surface area contributed by atoms with Crippen LogP contribution in [-0.4, -0.2) is 26.1 Å². The maximum absolute atomic E-state index is 10.8. The van der Waals surface area contributed by atoms with Crippen LogP contribution < -0.4 is 5.73 Å². The monoisotopic (exact) mass is 211 g/mol. The summed E-state index contributed by atoms with van der Waals surface area (Å²) in [6.45, 7) is 3.28. The van der Waals surface area contributed by atoms with E-state index in [1.807, 2.05) is 0 Å². The zero-order chi connectivity index (χ0) is 10.9. The number of nitrogens with two attached hydrogens (primary N) is 1. The minimum Gasteiger partial charge on any atom is -0.479 e. The molecule has 13 heavy (non-hydrogen) atoms. The highest BCUT2D eigenvalue weighted by Crippen LogP contribution is 2.50. The van der Waals surface area contributed by atoms with E-state index < -0.39 is 18.8 Å². The summed E-state index contributed by atoms with van der Waals surface area (Å²) < 4.78 is 10.8. The summed E-state index contributed by atoms with van der Waals surface area (Å²) in [4.78, 5) is 28.1. The van der Waals surface area contributed by atoms with Gasteiger partial charge in [0.1, 0.15) is 0 Å². The predicted octanol–water partition coefficient (Wildman–Crippen LogP) is -0.0502. The second-order valence-corrected chi connectivity index (χ2v) is 5.26. The fourth-order valence-electron chi connectivity index (χ4n) is 0.953. The predicted molar refractivity (Wildman–Crippen MR) is 46.1 cm³/mol. The fraction of sp³-hybridized carbons (Fsp3) is 0.833. The van der Waals surface area contributed by atoms with Crippen molar-refractivity contribution < 1.29 is 24.3 Å². The quantitative estimate of drug-likeness (QED) is 0.484. The first kappa shape index (κ1) is 12.6. The Bertz CT molecular complexity index is 247. The highest BCUT2D eigenvalue weighted by atomic mass is 31.2. The Kier molecular flexibility index (Phi) is 3.63. The van der Waals surface area contributed by atoms with Crippen molar-refractivity contribution in [2.75, 3.05) is 0 Å². The molecule has 0 aliphatic carbocycles. The first-order chi connectivity index (χ1) is 5.61. The van der Waals surface area contributed by atoms with Crippen molar-refractivity contribution in [2.45, 2.75) is 25.5 Å². The minimum atomic E-state index is -4.82. The van der Waals surface area contributed by atoms with Crippen molar-refractivity contribution in [2.24, 2.45) is 11.7 Å². The molecule has 0 aliphatic rings. The molecule has 0 aromatic rings. The van der Waals surface area contributed by atoms with Gasteiger partial charge in [-0.2, -0.15) is 0 Å². The molecule has 0 saturated heterocycles. The van der Waals surface area contributed by atoms with Crippen LogP contribution in [-0.2, 0) is 9.36 Å². The van der Waals surface area contributed by atoms with Crippen LogP contribution in [0.25, 0.3) is 0 Å². The standard InChI is InChI=1S/C6H14NO5P/c1-4(2)3-6(7,5(8)9)13(10,11)12/h4H,3,7H2,1-2H3,(H,8,9)(H2,10,11,12). The first-order valence-corrected chi connectivity index (χ1v) is 5.30. The van der Waals surface area contributed by atoms with E-state index in [-0.39, 0.29) is 12.3 Å². The molecule has 6 nitrogen and oxygen atoms in total. The molecule has 78 valence electrons. The molecule has 0 radical (unpaired) electrons. The lowest BCUT2D eigenvalue weighted by molar-refractivity contribution is -0.141. The molecule has 1 unspecified atom stereocenters. The van der Waals surface area contributed by atoms with E-state index in [0.29, 0.717) is 0 Å². The average molecular weight is 211 g/mol. The van der Waals surface area contributed by atoms with Crippen LogP contribution in [0.1, 0.15) is 20.3 Å². The molecular formula is C6H14NO5P. The van der Waals surface area contributed by atoms with Gasteiger partial charge in [0.25, 0.3) is 0 Å². The van der Waals surface area contributed by atoms with Gasteiger partial charge in [-0.05, 0) is 12.3 Å². The molecule has 0 aromatic carbocycles. The first-order valence-electron chi connectivity index (χ1n) is 3.69. The van der Waals surface area contributed by atoms with Crippen molar-refractivity contribution in [3.05, 3.63) is 0 Å². The van der Waals surface area contributed by atoms with Gasteiger partial charge < -0.3 is 20.6 Å². The molecule has 1 atom stereocenters. The molecule has 0 fully saturated rings. The van der Waals surface area contributed by atoms with Crippen molar-refractivity contribution in [3.63, 3.8) is 0 Å². The third-order valence-electron chi connectivity index (χ3n) is 1.61. The molecule has 0 spiro atoms. The Morgan fingerprint density at radius 3 is 2.00 bits per heavy atom. The van der Waals surface area contributed by atoms with Gasteiger partial charge in [0.2, 0.25) is 5.28 Å². The van der Waals surface area contributed by atoms with Crippen LogP contribution in [0.3, 0.4) is 0 Å². The van der Waals surface area contributed by atoms with Crippen LogP contribution >= 0.6 is 7.60 Å². The summed E-state index contributed by atoms with van der Waals surface area (Å²) in [5.41, 5.74) is 5.16. The van der Waals surface area contributed by atoms with Gasteiger partial charge in [-0.1, -0.05) is 13.8 Å². The van der Waals surface area contributed by atoms with Gasteiger partial charge >= 0.3 is 13.6 Å². The van der Waals surface area contributed by atoms with E-state index >= 15 is 0 Å². The molecule has 7 heteroatoms. The highest BCUT2D eigenvalue weighted by molar-refractivity contribution is 7.54. The van der Waals surface area contributed by atoms with Gasteiger partial charge in [-0.25, -0.2) is 4.79 Å². The van der Waals surface area contributed by atoms with Crippen molar-refractivity contribution in [1.29, 1.82) is 0 Å². The number of aliphatic carboxylic acids is 1. The van der Waals surface area contributed by atoms with Gasteiger partial charge in [0.05, 0.1) is 0 Å². The number of carboxylic acid groups (broad SMARTS) is 1. The number of hydrogen-bond acceptors (Lipinski definition) is 3. The van der Waals surface area contributed by atoms with Crippen molar-refractivity contribution in [3.8, 4) is 0 Å². The van der Waals surface area contributed by atoms with E-state index in [4.69, 9.17) is 20.6 Å². The van der Waals surface area contributed by atoms with E-state index in [2.05, 4.69) is 0 Å². The molecule has 0 saturated carbocycles. The zero-order valence-corrected chi connectivity index (χ0v) is 8.36. The summed E-state index contributed by atoms with van der Waals surface area (Å²) in [5.74, 6) is -1.87. The molecule has 0 amide bonds. The molecule has 0 heterocycles. The summed E-state index contributed by atoms with van der Waals surface area (Å²) >= 11 is 0. The summed E-state index contributed by atoms with van der Waals surface area (Å²) in [7, 11) is -4.82. The van der Waals surface area contributed by atoms with Crippen molar-refractivity contribution in [1.82, 2.24) is 0 Å². The Hall–Kier alpha value is -0.420. The second kappa shape index (κ2) is 3.75. The molecule has 5 N–H and O–H groups in total. The second-order valence-electron chi connectivity index (χ2n) is 3.37. The van der Waals surface area contributed by atoms with Crippen LogP contribution in [0, 0.1) is 5.92 Å². The largest absolute Gasteiger partial charge is 0.479 e. The summed E-state index contributed by atoms with van der Waals surface area (Å²) in [5, 5.41) is 6.14. The Labute approximate surface area is 75.9 Å². The van der Waals surface area contributed by atoms with Crippen LogP contribution in [0.15, 0.2) is 0 Å². The third-order valence-corrected chi connectivity index (χ3v) is 3.02. The van der Waals surface area contributed by atoms with Crippen LogP contribution in [0.5, 0.6) is 0 Å². The molecule has 0 bridgehead atoms. The Morgan fingerprint density at radius 1 is 1.54 bits per heavy atom. The minimum absolute atomic E-state index is 0.200. The molecular weight excluding hydrogens is 197 g/mol. The van der Waals surface area contributed by atoms with E-state index in [1.54, 1.807) is 13.8 Å². The maximum Gasteiger partial charge on any atom is 0.356 e. The van der Waals surface area contributed by atoms with E-state index in [0.717, 1.165) is 0 Å². The average Bonchev–Trinajstić information content (AvgIpc) is 1.82. The SMILES string of the molecule is CC(C)CC(N)(C(=O)O)P(=O)(O)O. The normalized spacial score (nSPS) is 17.1. The van der Waals surface area contributed by atoms with Crippen LogP contribution in [0.2, 0.25) is 0 Å². The Morgan fingerprint density at radius 2 is 1.92 bits per heavy atom. The fourth-order valence-corrected chi connectivity index (χ4v) is 1.81. The molecule has 0 rings (SSSR count). The zero-order valence-electron chi connectivity index (χ0n) is 7.47.